The Kier molecular flexibility index (Phi) is 5.03. The summed E-state index contributed by atoms with van der Waals surface area (Å²) < 4.78 is 0. The van der Waals surface area contributed by atoms with Gasteiger partial charge in [0.2, 0.25) is 0 Å². The number of nitrogens with zero attached hydrogens (tertiary/aromatic N) is 1. The van der Waals surface area contributed by atoms with E-state index >= 15 is 0 Å². The molecular formula is C23H16Cl2N2O. The number of rotatable bonds is 3. The maximum Gasteiger partial charge on any atom is 0.256 e. The highest BCUT2D eigenvalue weighted by molar-refractivity contribution is 6.42. The molecule has 0 fully saturated rings. The molecule has 3 aromatic carbocycles. The molecule has 0 spiro atoms. The molecule has 0 aliphatic heterocycles. The van der Waals surface area contributed by atoms with Crippen LogP contribution in [0.2, 0.25) is 10.0 Å². The Bertz CT molecular complexity index is 1200. The van der Waals surface area contributed by atoms with Crippen molar-refractivity contribution >= 4 is 45.7 Å². The number of fused-ring (bicyclic) bond motifs is 1. The van der Waals surface area contributed by atoms with Gasteiger partial charge in [-0.05, 0) is 43.3 Å². The molecule has 1 aromatic heterocycles. The molecule has 1 N–H and O–H groups in total. The standard InChI is InChI=1S/C23H16Cl2N2O/c1-14-5-4-6-15(11-14)22-13-18(17-7-2-3-8-21(17)27-22)23(28)26-16-9-10-19(24)20(25)12-16/h2-13H,1H3,(H,26,28). The van der Waals surface area contributed by atoms with Gasteiger partial charge in [0.05, 0.1) is 26.8 Å². The molecule has 138 valence electrons. The third-order valence-electron chi connectivity index (χ3n) is 4.45. The highest BCUT2D eigenvalue weighted by Crippen LogP contribution is 2.28. The predicted molar refractivity (Wildman–Crippen MR) is 116 cm³/mol. The topological polar surface area (TPSA) is 42.0 Å². The van der Waals surface area contributed by atoms with E-state index in [1.54, 1.807) is 18.2 Å². The summed E-state index contributed by atoms with van der Waals surface area (Å²) in [6.07, 6.45) is 0. The van der Waals surface area contributed by atoms with E-state index in [1.807, 2.05) is 55.5 Å². The summed E-state index contributed by atoms with van der Waals surface area (Å²) in [5.74, 6) is -0.231. The third-order valence-corrected chi connectivity index (χ3v) is 5.19. The van der Waals surface area contributed by atoms with Gasteiger partial charge in [0.15, 0.2) is 0 Å². The van der Waals surface area contributed by atoms with Gasteiger partial charge in [-0.2, -0.15) is 0 Å². The fraction of sp³-hybridized carbons (Fsp3) is 0.0435. The number of carbonyl (C=O) groups excluding carboxylic acids is 1. The van der Waals surface area contributed by atoms with Crippen molar-refractivity contribution in [1.29, 1.82) is 0 Å². The van der Waals surface area contributed by atoms with Gasteiger partial charge in [-0.1, -0.05) is 65.2 Å². The maximum absolute atomic E-state index is 13.1. The molecule has 0 aliphatic carbocycles. The lowest BCUT2D eigenvalue weighted by molar-refractivity contribution is 0.102. The Hall–Kier alpha value is -2.88. The summed E-state index contributed by atoms with van der Waals surface area (Å²) in [6, 6.07) is 22.5. The molecule has 1 heterocycles. The SMILES string of the molecule is Cc1cccc(-c2cc(C(=O)Nc3ccc(Cl)c(Cl)c3)c3ccccc3n2)c1. The highest BCUT2D eigenvalue weighted by atomic mass is 35.5. The van der Waals surface area contributed by atoms with Gasteiger partial charge in [0.1, 0.15) is 0 Å². The molecule has 0 aliphatic rings. The molecule has 5 heteroatoms. The van der Waals surface area contributed by atoms with E-state index < -0.39 is 0 Å². The van der Waals surface area contributed by atoms with Crippen LogP contribution in [0.25, 0.3) is 22.2 Å². The molecular weight excluding hydrogens is 391 g/mol. The minimum absolute atomic E-state index is 0.231. The van der Waals surface area contributed by atoms with E-state index in [2.05, 4.69) is 11.4 Å². The van der Waals surface area contributed by atoms with Crippen LogP contribution in [0.15, 0.2) is 72.8 Å². The van der Waals surface area contributed by atoms with Crippen LogP contribution in [0.3, 0.4) is 0 Å². The first kappa shape index (κ1) is 18.5. The van der Waals surface area contributed by atoms with Gasteiger partial charge in [0.25, 0.3) is 5.91 Å². The maximum atomic E-state index is 13.1. The first-order valence-corrected chi connectivity index (χ1v) is 9.50. The lowest BCUT2D eigenvalue weighted by atomic mass is 10.0. The van der Waals surface area contributed by atoms with Crippen LogP contribution in [0.5, 0.6) is 0 Å². The molecule has 4 rings (SSSR count). The van der Waals surface area contributed by atoms with Gasteiger partial charge >= 0.3 is 0 Å². The van der Waals surface area contributed by atoms with Gasteiger partial charge in [-0.25, -0.2) is 4.98 Å². The molecule has 1 amide bonds. The average Bonchev–Trinajstić information content (AvgIpc) is 2.70. The van der Waals surface area contributed by atoms with Crippen LogP contribution in [-0.4, -0.2) is 10.9 Å². The van der Waals surface area contributed by atoms with Crippen LogP contribution in [0.4, 0.5) is 5.69 Å². The molecule has 0 unspecified atom stereocenters. The van der Waals surface area contributed by atoms with E-state index in [9.17, 15) is 4.79 Å². The Balaban J connectivity index is 1.80. The minimum atomic E-state index is -0.231. The number of pyridine rings is 1. The lowest BCUT2D eigenvalue weighted by Gasteiger charge is -2.11. The van der Waals surface area contributed by atoms with E-state index in [0.717, 1.165) is 27.7 Å². The first-order chi connectivity index (χ1) is 13.5. The van der Waals surface area contributed by atoms with Gasteiger partial charge in [-0.3, -0.25) is 4.79 Å². The average molecular weight is 407 g/mol. The molecule has 0 bridgehead atoms. The Morgan fingerprint density at radius 3 is 2.50 bits per heavy atom. The number of hydrogen-bond acceptors (Lipinski definition) is 2. The summed E-state index contributed by atoms with van der Waals surface area (Å²) in [6.45, 7) is 2.03. The summed E-state index contributed by atoms with van der Waals surface area (Å²) in [4.78, 5) is 17.8. The monoisotopic (exact) mass is 406 g/mol. The number of nitrogens with one attached hydrogen (secondary N) is 1. The number of anilines is 1. The third kappa shape index (κ3) is 3.72. The van der Waals surface area contributed by atoms with E-state index in [4.69, 9.17) is 28.2 Å². The second-order valence-electron chi connectivity index (χ2n) is 6.52. The number of amides is 1. The zero-order chi connectivity index (χ0) is 19.7. The summed E-state index contributed by atoms with van der Waals surface area (Å²) in [5.41, 5.74) is 4.75. The van der Waals surface area contributed by atoms with Crippen LogP contribution >= 0.6 is 23.2 Å². The van der Waals surface area contributed by atoms with E-state index in [1.165, 1.54) is 0 Å². The van der Waals surface area contributed by atoms with Crippen molar-refractivity contribution in [1.82, 2.24) is 4.98 Å². The summed E-state index contributed by atoms with van der Waals surface area (Å²) >= 11 is 12.0. The summed E-state index contributed by atoms with van der Waals surface area (Å²) in [5, 5.41) is 4.52. The number of para-hydroxylation sites is 1. The first-order valence-electron chi connectivity index (χ1n) is 8.74. The molecule has 0 saturated carbocycles. The normalized spacial score (nSPS) is 10.8. The molecule has 28 heavy (non-hydrogen) atoms. The van der Waals surface area contributed by atoms with Gasteiger partial charge < -0.3 is 5.32 Å². The second kappa shape index (κ2) is 7.63. The van der Waals surface area contributed by atoms with Crippen molar-refractivity contribution in [3.05, 3.63) is 94.0 Å². The molecule has 0 atom stereocenters. The summed E-state index contributed by atoms with van der Waals surface area (Å²) in [7, 11) is 0. The van der Waals surface area contributed by atoms with Crippen LogP contribution in [0.1, 0.15) is 15.9 Å². The van der Waals surface area contributed by atoms with Crippen LogP contribution < -0.4 is 5.32 Å². The van der Waals surface area contributed by atoms with E-state index in [-0.39, 0.29) is 5.91 Å². The lowest BCUT2D eigenvalue weighted by Crippen LogP contribution is -2.13. The largest absolute Gasteiger partial charge is 0.322 e. The number of carbonyl (C=O) groups is 1. The number of benzene rings is 3. The number of halogens is 2. The zero-order valence-electron chi connectivity index (χ0n) is 15.0. The van der Waals surface area contributed by atoms with Crippen molar-refractivity contribution in [2.45, 2.75) is 6.92 Å². The molecule has 0 radical (unpaired) electrons. The van der Waals surface area contributed by atoms with Crippen LogP contribution in [-0.2, 0) is 0 Å². The van der Waals surface area contributed by atoms with Crippen molar-refractivity contribution in [3.8, 4) is 11.3 Å². The Labute approximate surface area is 172 Å². The van der Waals surface area contributed by atoms with Crippen molar-refractivity contribution in [2.24, 2.45) is 0 Å². The fourth-order valence-corrected chi connectivity index (χ4v) is 3.39. The van der Waals surface area contributed by atoms with Gasteiger partial charge in [-0.15, -0.1) is 0 Å². The van der Waals surface area contributed by atoms with Crippen molar-refractivity contribution in [2.75, 3.05) is 5.32 Å². The van der Waals surface area contributed by atoms with Crippen molar-refractivity contribution in [3.63, 3.8) is 0 Å². The Morgan fingerprint density at radius 1 is 0.893 bits per heavy atom. The minimum Gasteiger partial charge on any atom is -0.322 e. The predicted octanol–water partition coefficient (Wildman–Crippen LogP) is 6.77. The van der Waals surface area contributed by atoms with Gasteiger partial charge in [0, 0.05) is 16.6 Å². The number of aromatic nitrogens is 1. The van der Waals surface area contributed by atoms with Crippen LogP contribution in [0, 0.1) is 6.92 Å². The molecule has 4 aromatic rings. The van der Waals surface area contributed by atoms with E-state index in [0.29, 0.717) is 21.3 Å². The van der Waals surface area contributed by atoms with Crippen molar-refractivity contribution < 1.29 is 4.79 Å². The molecule has 3 nitrogen and oxygen atoms in total. The zero-order valence-corrected chi connectivity index (χ0v) is 16.6. The molecule has 0 saturated heterocycles. The fourth-order valence-electron chi connectivity index (χ4n) is 3.09. The number of hydrogen-bond donors (Lipinski definition) is 1. The quantitative estimate of drug-likeness (QED) is 0.407. The highest BCUT2D eigenvalue weighted by Gasteiger charge is 2.15. The number of aryl methyl sites for hydroxylation is 1. The Morgan fingerprint density at radius 2 is 1.71 bits per heavy atom. The smallest absolute Gasteiger partial charge is 0.256 e. The second-order valence-corrected chi connectivity index (χ2v) is 7.34.